The molecule has 2 rings (SSSR count). The Kier molecular flexibility index (Phi) is 4.90. The van der Waals surface area contributed by atoms with Gasteiger partial charge in [0.05, 0.1) is 0 Å². The van der Waals surface area contributed by atoms with Gasteiger partial charge >= 0.3 is 0 Å². The molecule has 4 heteroatoms. The number of nitrogens with two attached hydrogens (primary N) is 1. The predicted octanol–water partition coefficient (Wildman–Crippen LogP) is 2.42. The van der Waals surface area contributed by atoms with Gasteiger partial charge in [-0.2, -0.15) is 0 Å². The first kappa shape index (κ1) is 14.7. The summed E-state index contributed by atoms with van der Waals surface area (Å²) in [7, 11) is 0. The van der Waals surface area contributed by atoms with E-state index in [1.54, 1.807) is 18.2 Å². The highest BCUT2D eigenvalue weighted by molar-refractivity contribution is 5.91. The van der Waals surface area contributed by atoms with Gasteiger partial charge in [0, 0.05) is 25.2 Å². The maximum Gasteiger partial charge on any atom is 0.246 e. The number of amides is 1. The van der Waals surface area contributed by atoms with Crippen LogP contribution in [0.5, 0.6) is 0 Å². The molecule has 1 heterocycles. The van der Waals surface area contributed by atoms with Crippen molar-refractivity contribution in [2.24, 2.45) is 11.7 Å². The fraction of sp³-hybridized carbons (Fsp3) is 0.438. The lowest BCUT2D eigenvalue weighted by atomic mass is 9.92. The molecule has 1 amide bonds. The fourth-order valence-electron chi connectivity index (χ4n) is 2.52. The topological polar surface area (TPSA) is 46.3 Å². The van der Waals surface area contributed by atoms with Crippen molar-refractivity contribution in [2.45, 2.75) is 25.8 Å². The third kappa shape index (κ3) is 3.90. The second-order valence-electron chi connectivity index (χ2n) is 5.43. The first-order valence-corrected chi connectivity index (χ1v) is 7.04. The third-order valence-electron chi connectivity index (χ3n) is 3.78. The van der Waals surface area contributed by atoms with Crippen molar-refractivity contribution in [2.75, 3.05) is 13.1 Å². The summed E-state index contributed by atoms with van der Waals surface area (Å²) >= 11 is 0. The van der Waals surface area contributed by atoms with Crippen molar-refractivity contribution in [3.63, 3.8) is 0 Å². The number of likely N-dealkylation sites (tertiary alicyclic amines) is 1. The van der Waals surface area contributed by atoms with Crippen LogP contribution in [0.1, 0.15) is 25.3 Å². The Morgan fingerprint density at radius 2 is 2.35 bits per heavy atom. The number of rotatable bonds is 3. The molecule has 20 heavy (non-hydrogen) atoms. The number of benzene rings is 1. The zero-order valence-corrected chi connectivity index (χ0v) is 11.8. The number of hydrogen-bond donors (Lipinski definition) is 1. The first-order chi connectivity index (χ1) is 9.56. The van der Waals surface area contributed by atoms with Gasteiger partial charge in [-0.05, 0) is 49.5 Å². The lowest BCUT2D eigenvalue weighted by molar-refractivity contribution is -0.127. The highest BCUT2D eigenvalue weighted by Gasteiger charge is 2.24. The minimum absolute atomic E-state index is 0.0281. The summed E-state index contributed by atoms with van der Waals surface area (Å²) in [6, 6.07) is 6.31. The highest BCUT2D eigenvalue weighted by Crippen LogP contribution is 2.19. The van der Waals surface area contributed by atoms with Gasteiger partial charge in [0.25, 0.3) is 0 Å². The second-order valence-corrected chi connectivity index (χ2v) is 5.43. The molecule has 0 aliphatic carbocycles. The maximum atomic E-state index is 13.0. The van der Waals surface area contributed by atoms with E-state index in [-0.39, 0.29) is 17.8 Å². The first-order valence-electron chi connectivity index (χ1n) is 7.04. The number of piperidine rings is 1. The van der Waals surface area contributed by atoms with Crippen molar-refractivity contribution < 1.29 is 9.18 Å². The number of hydrogen-bond acceptors (Lipinski definition) is 2. The van der Waals surface area contributed by atoms with Gasteiger partial charge in [-0.3, -0.25) is 4.79 Å². The predicted molar refractivity (Wildman–Crippen MR) is 78.4 cm³/mol. The molecule has 1 fully saturated rings. The van der Waals surface area contributed by atoms with E-state index in [1.807, 2.05) is 11.8 Å². The molecule has 0 saturated carbocycles. The van der Waals surface area contributed by atoms with Gasteiger partial charge in [-0.25, -0.2) is 4.39 Å². The lowest BCUT2D eigenvalue weighted by Crippen LogP contribution is -2.44. The molecule has 1 aromatic rings. The van der Waals surface area contributed by atoms with Crippen LogP contribution in [-0.4, -0.2) is 29.9 Å². The quantitative estimate of drug-likeness (QED) is 0.862. The van der Waals surface area contributed by atoms with Crippen molar-refractivity contribution in [1.82, 2.24) is 4.90 Å². The average Bonchev–Trinajstić information content (AvgIpc) is 2.45. The minimum atomic E-state index is -0.297. The van der Waals surface area contributed by atoms with E-state index < -0.39 is 0 Å². The summed E-state index contributed by atoms with van der Waals surface area (Å²) in [5.74, 6) is 0.0458. The molecular formula is C16H21FN2O. The van der Waals surface area contributed by atoms with Gasteiger partial charge in [-0.15, -0.1) is 0 Å². The second kappa shape index (κ2) is 6.66. The molecule has 1 aliphatic heterocycles. The van der Waals surface area contributed by atoms with Crippen LogP contribution in [-0.2, 0) is 4.79 Å². The van der Waals surface area contributed by atoms with E-state index >= 15 is 0 Å². The van der Waals surface area contributed by atoms with Crippen LogP contribution >= 0.6 is 0 Å². The van der Waals surface area contributed by atoms with E-state index in [0.29, 0.717) is 18.0 Å². The van der Waals surface area contributed by atoms with E-state index in [9.17, 15) is 9.18 Å². The number of carbonyl (C=O) groups is 1. The maximum absolute atomic E-state index is 13.0. The molecule has 108 valence electrons. The Bertz CT molecular complexity index is 499. The number of nitrogens with zero attached hydrogens (tertiary/aromatic N) is 1. The Labute approximate surface area is 119 Å². The van der Waals surface area contributed by atoms with E-state index in [4.69, 9.17) is 5.73 Å². The monoisotopic (exact) mass is 276 g/mol. The summed E-state index contributed by atoms with van der Waals surface area (Å²) in [4.78, 5) is 14.0. The van der Waals surface area contributed by atoms with Gasteiger partial charge in [0.2, 0.25) is 5.91 Å². The molecule has 0 spiro atoms. The molecule has 1 aromatic carbocycles. The Morgan fingerprint density at radius 1 is 1.55 bits per heavy atom. The third-order valence-corrected chi connectivity index (χ3v) is 3.78. The van der Waals surface area contributed by atoms with E-state index in [1.165, 1.54) is 18.2 Å². The summed E-state index contributed by atoms with van der Waals surface area (Å²) < 4.78 is 13.0. The Balaban J connectivity index is 1.97. The smallest absolute Gasteiger partial charge is 0.246 e. The van der Waals surface area contributed by atoms with Crippen LogP contribution < -0.4 is 5.73 Å². The molecule has 0 bridgehead atoms. The van der Waals surface area contributed by atoms with Crippen molar-refractivity contribution in [3.05, 3.63) is 41.7 Å². The fourth-order valence-corrected chi connectivity index (χ4v) is 2.52. The summed E-state index contributed by atoms with van der Waals surface area (Å²) in [5.41, 5.74) is 6.61. The average molecular weight is 276 g/mol. The summed E-state index contributed by atoms with van der Waals surface area (Å²) in [6.45, 7) is 3.47. The van der Waals surface area contributed by atoms with Crippen LogP contribution in [0.4, 0.5) is 4.39 Å². The van der Waals surface area contributed by atoms with Gasteiger partial charge in [0.15, 0.2) is 0 Å². The number of halogens is 1. The molecule has 2 unspecified atom stereocenters. The largest absolute Gasteiger partial charge is 0.339 e. The molecule has 1 aliphatic rings. The normalized spacial score (nSPS) is 21.1. The van der Waals surface area contributed by atoms with Crippen LogP contribution in [0, 0.1) is 11.7 Å². The van der Waals surface area contributed by atoms with Gasteiger partial charge < -0.3 is 10.6 Å². The molecule has 0 aromatic heterocycles. The molecular weight excluding hydrogens is 255 g/mol. The molecule has 2 N–H and O–H groups in total. The van der Waals surface area contributed by atoms with Gasteiger partial charge in [0.1, 0.15) is 5.82 Å². The van der Waals surface area contributed by atoms with Crippen molar-refractivity contribution in [3.8, 4) is 0 Å². The van der Waals surface area contributed by atoms with Crippen LogP contribution in [0.15, 0.2) is 30.3 Å². The molecule has 2 atom stereocenters. The minimum Gasteiger partial charge on any atom is -0.339 e. The molecule has 1 saturated heterocycles. The standard InChI is InChI=1S/C16H21FN2O/c1-12(18)14-5-3-9-19(11-14)16(20)8-7-13-4-2-6-15(17)10-13/h2,4,6-8,10,12,14H,3,5,9,11,18H2,1H3. The molecule has 3 nitrogen and oxygen atoms in total. The molecule has 0 radical (unpaired) electrons. The van der Waals surface area contributed by atoms with Crippen molar-refractivity contribution >= 4 is 12.0 Å². The number of carbonyl (C=O) groups excluding carboxylic acids is 1. The van der Waals surface area contributed by atoms with Crippen LogP contribution in [0.3, 0.4) is 0 Å². The van der Waals surface area contributed by atoms with E-state index in [0.717, 1.165) is 19.4 Å². The van der Waals surface area contributed by atoms with Crippen LogP contribution in [0.2, 0.25) is 0 Å². The lowest BCUT2D eigenvalue weighted by Gasteiger charge is -2.34. The Morgan fingerprint density at radius 3 is 3.05 bits per heavy atom. The van der Waals surface area contributed by atoms with E-state index in [2.05, 4.69) is 0 Å². The zero-order valence-electron chi connectivity index (χ0n) is 11.8. The highest BCUT2D eigenvalue weighted by atomic mass is 19.1. The van der Waals surface area contributed by atoms with Crippen LogP contribution in [0.25, 0.3) is 6.08 Å². The summed E-state index contributed by atoms with van der Waals surface area (Å²) in [6.07, 6.45) is 5.24. The zero-order chi connectivity index (χ0) is 14.5. The van der Waals surface area contributed by atoms with Crippen molar-refractivity contribution in [1.29, 1.82) is 0 Å². The Hall–Kier alpha value is -1.68. The SMILES string of the molecule is CC(N)C1CCCN(C(=O)C=Cc2cccc(F)c2)C1. The summed E-state index contributed by atoms with van der Waals surface area (Å²) in [5, 5.41) is 0. The van der Waals surface area contributed by atoms with Gasteiger partial charge in [-0.1, -0.05) is 12.1 Å².